The summed E-state index contributed by atoms with van der Waals surface area (Å²) in [5.41, 5.74) is 1.30. The molecular formula is C17H26BrNO. The number of ether oxygens (including phenoxy) is 1. The summed E-state index contributed by atoms with van der Waals surface area (Å²) in [7, 11) is 3.85. The van der Waals surface area contributed by atoms with Crippen LogP contribution < -0.4 is 10.1 Å². The fourth-order valence-corrected chi connectivity index (χ4v) is 3.77. The van der Waals surface area contributed by atoms with Crippen molar-refractivity contribution in [3.05, 3.63) is 28.2 Å². The zero-order chi connectivity index (χ0) is 14.4. The third kappa shape index (κ3) is 4.23. The van der Waals surface area contributed by atoms with Gasteiger partial charge in [0.05, 0.1) is 7.11 Å². The molecule has 0 bridgehead atoms. The van der Waals surface area contributed by atoms with Gasteiger partial charge in [0, 0.05) is 10.5 Å². The number of nitrogens with one attached hydrogen (secondary N) is 1. The van der Waals surface area contributed by atoms with Gasteiger partial charge in [-0.1, -0.05) is 41.6 Å². The minimum atomic E-state index is 0.552. The molecule has 1 saturated carbocycles. The van der Waals surface area contributed by atoms with Gasteiger partial charge in [-0.2, -0.15) is 0 Å². The Labute approximate surface area is 131 Å². The maximum atomic E-state index is 5.51. The minimum absolute atomic E-state index is 0.552. The van der Waals surface area contributed by atoms with Crippen LogP contribution in [0.15, 0.2) is 22.7 Å². The van der Waals surface area contributed by atoms with Crippen molar-refractivity contribution >= 4 is 15.9 Å². The molecular weight excluding hydrogens is 314 g/mol. The lowest BCUT2D eigenvalue weighted by Crippen LogP contribution is -2.35. The Morgan fingerprint density at radius 3 is 2.55 bits per heavy atom. The topological polar surface area (TPSA) is 21.3 Å². The summed E-state index contributed by atoms with van der Waals surface area (Å²) in [6.07, 6.45) is 9.37. The van der Waals surface area contributed by atoms with E-state index in [-0.39, 0.29) is 0 Å². The summed E-state index contributed by atoms with van der Waals surface area (Å²) in [6, 6.07) is 6.85. The van der Waals surface area contributed by atoms with E-state index < -0.39 is 0 Å². The van der Waals surface area contributed by atoms with E-state index in [0.29, 0.717) is 6.04 Å². The first kappa shape index (κ1) is 15.8. The Morgan fingerprint density at radius 2 is 1.95 bits per heavy atom. The van der Waals surface area contributed by atoms with Crippen LogP contribution in [0, 0.1) is 5.92 Å². The highest BCUT2D eigenvalue weighted by atomic mass is 79.9. The van der Waals surface area contributed by atoms with Gasteiger partial charge >= 0.3 is 0 Å². The van der Waals surface area contributed by atoms with Crippen LogP contribution in [0.1, 0.15) is 44.1 Å². The van der Waals surface area contributed by atoms with Crippen molar-refractivity contribution in [3.8, 4) is 5.75 Å². The minimum Gasteiger partial charge on any atom is -0.496 e. The van der Waals surface area contributed by atoms with Crippen LogP contribution in [0.25, 0.3) is 0 Å². The highest BCUT2D eigenvalue weighted by Gasteiger charge is 2.22. The first-order valence-corrected chi connectivity index (χ1v) is 8.53. The Morgan fingerprint density at radius 1 is 1.25 bits per heavy atom. The van der Waals surface area contributed by atoms with Crippen LogP contribution in [-0.4, -0.2) is 20.2 Å². The van der Waals surface area contributed by atoms with E-state index in [1.165, 1.54) is 44.1 Å². The maximum Gasteiger partial charge on any atom is 0.122 e. The second-order valence-electron chi connectivity index (χ2n) is 5.81. The van der Waals surface area contributed by atoms with Gasteiger partial charge in [0.2, 0.25) is 0 Å². The van der Waals surface area contributed by atoms with Gasteiger partial charge in [0.1, 0.15) is 5.75 Å². The number of halogens is 1. The van der Waals surface area contributed by atoms with Crippen molar-refractivity contribution in [3.63, 3.8) is 0 Å². The van der Waals surface area contributed by atoms with E-state index in [9.17, 15) is 0 Å². The molecule has 1 N–H and O–H groups in total. The molecule has 1 atom stereocenters. The monoisotopic (exact) mass is 339 g/mol. The predicted molar refractivity (Wildman–Crippen MR) is 88.4 cm³/mol. The third-order valence-electron chi connectivity index (χ3n) is 4.52. The molecule has 0 radical (unpaired) electrons. The standard InChI is InChI=1S/C17H26BrNO/c1-19-16(13-7-5-3-4-6-8-13)12-14-11-15(18)9-10-17(14)20-2/h9-11,13,16,19H,3-8,12H2,1-2H3. The zero-order valence-corrected chi connectivity index (χ0v) is 14.2. The fraction of sp³-hybridized carbons (Fsp3) is 0.647. The Bertz CT molecular complexity index is 413. The number of methoxy groups -OCH3 is 1. The summed E-state index contributed by atoms with van der Waals surface area (Å²) < 4.78 is 6.64. The average Bonchev–Trinajstić information content (AvgIpc) is 2.74. The molecule has 3 heteroatoms. The molecule has 2 nitrogen and oxygen atoms in total. The molecule has 1 fully saturated rings. The van der Waals surface area contributed by atoms with Gasteiger partial charge in [-0.25, -0.2) is 0 Å². The summed E-state index contributed by atoms with van der Waals surface area (Å²) in [4.78, 5) is 0. The van der Waals surface area contributed by atoms with Crippen molar-refractivity contribution < 1.29 is 4.74 Å². The predicted octanol–water partition coefficient (Wildman–Crippen LogP) is 4.56. The smallest absolute Gasteiger partial charge is 0.122 e. The first-order chi connectivity index (χ1) is 9.74. The molecule has 2 rings (SSSR count). The Balaban J connectivity index is 2.10. The number of hydrogen-bond donors (Lipinski definition) is 1. The van der Waals surface area contributed by atoms with E-state index in [0.717, 1.165) is 22.6 Å². The van der Waals surface area contributed by atoms with Crippen LogP contribution in [0.4, 0.5) is 0 Å². The number of hydrogen-bond acceptors (Lipinski definition) is 2. The molecule has 112 valence electrons. The van der Waals surface area contributed by atoms with E-state index in [1.54, 1.807) is 7.11 Å². The first-order valence-electron chi connectivity index (χ1n) is 7.74. The van der Waals surface area contributed by atoms with Gasteiger partial charge in [-0.15, -0.1) is 0 Å². The molecule has 1 aromatic carbocycles. The molecule has 1 aliphatic rings. The lowest BCUT2D eigenvalue weighted by atomic mass is 9.87. The second-order valence-corrected chi connectivity index (χ2v) is 6.72. The molecule has 0 aromatic heterocycles. The molecule has 0 heterocycles. The lowest BCUT2D eigenvalue weighted by Gasteiger charge is -2.26. The van der Waals surface area contributed by atoms with Crippen LogP contribution in [0.5, 0.6) is 5.75 Å². The second kappa shape index (κ2) is 8.04. The summed E-state index contributed by atoms with van der Waals surface area (Å²) in [6.45, 7) is 0. The number of likely N-dealkylation sites (N-methyl/N-ethyl adjacent to an activating group) is 1. The molecule has 1 aliphatic carbocycles. The van der Waals surface area contributed by atoms with E-state index in [4.69, 9.17) is 4.74 Å². The molecule has 0 amide bonds. The highest BCUT2D eigenvalue weighted by Crippen LogP contribution is 2.30. The van der Waals surface area contributed by atoms with Crippen LogP contribution in [0.3, 0.4) is 0 Å². The van der Waals surface area contributed by atoms with Crippen molar-refractivity contribution in [2.75, 3.05) is 14.2 Å². The molecule has 0 saturated heterocycles. The van der Waals surface area contributed by atoms with Crippen LogP contribution >= 0.6 is 15.9 Å². The van der Waals surface area contributed by atoms with Gasteiger partial charge in [0.15, 0.2) is 0 Å². The van der Waals surface area contributed by atoms with Crippen molar-refractivity contribution in [2.24, 2.45) is 5.92 Å². The molecule has 20 heavy (non-hydrogen) atoms. The largest absolute Gasteiger partial charge is 0.496 e. The van der Waals surface area contributed by atoms with Gasteiger partial charge < -0.3 is 10.1 Å². The van der Waals surface area contributed by atoms with Crippen molar-refractivity contribution in [2.45, 2.75) is 51.0 Å². The van der Waals surface area contributed by atoms with Gasteiger partial charge in [-0.05, 0) is 56.0 Å². The molecule has 0 aliphatic heterocycles. The summed E-state index contributed by atoms with van der Waals surface area (Å²) >= 11 is 3.57. The Kier molecular flexibility index (Phi) is 6.37. The lowest BCUT2D eigenvalue weighted by molar-refractivity contribution is 0.327. The van der Waals surface area contributed by atoms with Gasteiger partial charge in [0.25, 0.3) is 0 Å². The molecule has 1 unspecified atom stereocenters. The van der Waals surface area contributed by atoms with Crippen molar-refractivity contribution in [1.82, 2.24) is 5.32 Å². The quantitative estimate of drug-likeness (QED) is 0.794. The third-order valence-corrected chi connectivity index (χ3v) is 5.02. The highest BCUT2D eigenvalue weighted by molar-refractivity contribution is 9.10. The molecule has 1 aromatic rings. The summed E-state index contributed by atoms with van der Waals surface area (Å²) in [5.74, 6) is 1.80. The van der Waals surface area contributed by atoms with E-state index in [2.05, 4.69) is 40.4 Å². The number of rotatable bonds is 5. The normalized spacial score (nSPS) is 18.6. The maximum absolute atomic E-state index is 5.51. The SMILES string of the molecule is CNC(Cc1cc(Br)ccc1OC)C1CCCCCC1. The van der Waals surface area contributed by atoms with E-state index in [1.807, 2.05) is 6.07 Å². The molecule has 0 spiro atoms. The van der Waals surface area contributed by atoms with Crippen molar-refractivity contribution in [1.29, 1.82) is 0 Å². The van der Waals surface area contributed by atoms with Crippen LogP contribution in [0.2, 0.25) is 0 Å². The van der Waals surface area contributed by atoms with Crippen LogP contribution in [-0.2, 0) is 6.42 Å². The Hall–Kier alpha value is -0.540. The average molecular weight is 340 g/mol. The fourth-order valence-electron chi connectivity index (χ4n) is 3.36. The van der Waals surface area contributed by atoms with E-state index >= 15 is 0 Å². The zero-order valence-electron chi connectivity index (χ0n) is 12.6. The van der Waals surface area contributed by atoms with Gasteiger partial charge in [-0.3, -0.25) is 0 Å². The summed E-state index contributed by atoms with van der Waals surface area (Å²) in [5, 5.41) is 3.55. The number of benzene rings is 1.